The summed E-state index contributed by atoms with van der Waals surface area (Å²) in [7, 11) is 1.66. The lowest BCUT2D eigenvalue weighted by molar-refractivity contribution is 0.414. The van der Waals surface area contributed by atoms with Crippen LogP contribution in [0, 0.1) is 6.92 Å². The molecule has 1 aromatic heterocycles. The van der Waals surface area contributed by atoms with Crippen molar-refractivity contribution in [1.29, 1.82) is 0 Å². The second-order valence-electron chi connectivity index (χ2n) is 5.11. The van der Waals surface area contributed by atoms with Crippen LogP contribution < -0.4 is 4.74 Å². The fourth-order valence-corrected chi connectivity index (χ4v) is 2.75. The Bertz CT molecular complexity index is 588. The quantitative estimate of drug-likeness (QED) is 0.793. The van der Waals surface area contributed by atoms with E-state index in [1.165, 1.54) is 0 Å². The Morgan fingerprint density at radius 1 is 1.25 bits per heavy atom. The van der Waals surface area contributed by atoms with E-state index in [1.807, 2.05) is 31.2 Å². The van der Waals surface area contributed by atoms with Crippen molar-refractivity contribution in [2.75, 3.05) is 7.11 Å². The minimum Gasteiger partial charge on any atom is -0.497 e. The van der Waals surface area contributed by atoms with Gasteiger partial charge in [0.2, 0.25) is 0 Å². The molecule has 0 bridgehead atoms. The molecule has 2 rings (SSSR count). The van der Waals surface area contributed by atoms with Crippen molar-refractivity contribution in [3.8, 4) is 5.75 Å². The number of aromatic nitrogens is 2. The van der Waals surface area contributed by atoms with Crippen LogP contribution in [-0.4, -0.2) is 17.1 Å². The molecule has 0 aliphatic carbocycles. The van der Waals surface area contributed by atoms with Crippen LogP contribution in [0.2, 0.25) is 5.15 Å². The monoisotopic (exact) mass is 290 g/mol. The SMILES string of the molecule is COc1cccc(Cc2nc(C)c(C(C)C)c(Cl)n2)c1. The summed E-state index contributed by atoms with van der Waals surface area (Å²) in [6.07, 6.45) is 0.649. The first-order chi connectivity index (χ1) is 9.51. The van der Waals surface area contributed by atoms with Gasteiger partial charge in [-0.05, 0) is 30.5 Å². The number of ether oxygens (including phenoxy) is 1. The van der Waals surface area contributed by atoms with E-state index in [-0.39, 0.29) is 0 Å². The molecule has 4 heteroatoms. The van der Waals surface area contributed by atoms with Crippen LogP contribution in [0.5, 0.6) is 5.75 Å². The molecule has 20 heavy (non-hydrogen) atoms. The molecule has 0 unspecified atom stereocenters. The lowest BCUT2D eigenvalue weighted by Crippen LogP contribution is -2.05. The molecule has 0 amide bonds. The van der Waals surface area contributed by atoms with E-state index in [9.17, 15) is 0 Å². The average molecular weight is 291 g/mol. The van der Waals surface area contributed by atoms with Gasteiger partial charge in [0, 0.05) is 17.7 Å². The highest BCUT2D eigenvalue weighted by atomic mass is 35.5. The summed E-state index contributed by atoms with van der Waals surface area (Å²) in [5.74, 6) is 1.91. The second-order valence-corrected chi connectivity index (χ2v) is 5.47. The van der Waals surface area contributed by atoms with E-state index in [0.717, 1.165) is 28.4 Å². The van der Waals surface area contributed by atoms with Gasteiger partial charge in [0.1, 0.15) is 16.7 Å². The Hall–Kier alpha value is -1.61. The van der Waals surface area contributed by atoms with E-state index >= 15 is 0 Å². The zero-order valence-electron chi connectivity index (χ0n) is 12.3. The molecular weight excluding hydrogens is 272 g/mol. The van der Waals surface area contributed by atoms with Gasteiger partial charge < -0.3 is 4.74 Å². The summed E-state index contributed by atoms with van der Waals surface area (Å²) >= 11 is 6.28. The summed E-state index contributed by atoms with van der Waals surface area (Å²) < 4.78 is 5.22. The van der Waals surface area contributed by atoms with Crippen LogP contribution in [-0.2, 0) is 6.42 Å². The van der Waals surface area contributed by atoms with Crippen molar-refractivity contribution in [1.82, 2.24) is 9.97 Å². The Morgan fingerprint density at radius 3 is 2.60 bits per heavy atom. The molecule has 0 radical (unpaired) electrons. The standard InChI is InChI=1S/C16H19ClN2O/c1-10(2)15-11(3)18-14(19-16(15)17)9-12-6-5-7-13(8-12)20-4/h5-8,10H,9H2,1-4H3. The van der Waals surface area contributed by atoms with Crippen molar-refractivity contribution < 1.29 is 4.74 Å². The number of methoxy groups -OCH3 is 1. The Morgan fingerprint density at radius 2 is 2.00 bits per heavy atom. The van der Waals surface area contributed by atoms with Crippen LogP contribution in [0.4, 0.5) is 0 Å². The van der Waals surface area contributed by atoms with Crippen molar-refractivity contribution >= 4 is 11.6 Å². The van der Waals surface area contributed by atoms with E-state index in [1.54, 1.807) is 7.11 Å². The first-order valence-corrected chi connectivity index (χ1v) is 7.05. The third-order valence-corrected chi connectivity index (χ3v) is 3.50. The fraction of sp³-hybridized carbons (Fsp3) is 0.375. The zero-order valence-corrected chi connectivity index (χ0v) is 13.0. The Labute approximate surface area is 125 Å². The van der Waals surface area contributed by atoms with Gasteiger partial charge in [-0.3, -0.25) is 0 Å². The highest BCUT2D eigenvalue weighted by Gasteiger charge is 2.13. The Kier molecular flexibility index (Phi) is 4.61. The topological polar surface area (TPSA) is 35.0 Å². The minimum atomic E-state index is 0.327. The molecule has 0 saturated heterocycles. The molecule has 3 nitrogen and oxygen atoms in total. The van der Waals surface area contributed by atoms with Gasteiger partial charge in [0.15, 0.2) is 0 Å². The summed E-state index contributed by atoms with van der Waals surface area (Å²) in [5, 5.41) is 0.561. The molecular formula is C16H19ClN2O. The molecule has 0 spiro atoms. The molecule has 0 aliphatic rings. The van der Waals surface area contributed by atoms with Crippen molar-refractivity contribution in [2.45, 2.75) is 33.1 Å². The van der Waals surface area contributed by atoms with Gasteiger partial charge in [0.25, 0.3) is 0 Å². The molecule has 2 aromatic rings. The van der Waals surface area contributed by atoms with Crippen molar-refractivity contribution in [2.24, 2.45) is 0 Å². The fourth-order valence-electron chi connectivity index (χ4n) is 2.30. The summed E-state index contributed by atoms with van der Waals surface area (Å²) in [6, 6.07) is 7.91. The van der Waals surface area contributed by atoms with Gasteiger partial charge >= 0.3 is 0 Å². The number of nitrogens with zero attached hydrogens (tertiary/aromatic N) is 2. The predicted molar refractivity (Wildman–Crippen MR) is 81.7 cm³/mol. The van der Waals surface area contributed by atoms with Crippen LogP contribution in [0.3, 0.4) is 0 Å². The largest absolute Gasteiger partial charge is 0.497 e. The van der Waals surface area contributed by atoms with Crippen LogP contribution in [0.1, 0.15) is 42.4 Å². The van der Waals surface area contributed by atoms with Gasteiger partial charge in [-0.1, -0.05) is 37.6 Å². The van der Waals surface area contributed by atoms with E-state index in [0.29, 0.717) is 17.5 Å². The van der Waals surface area contributed by atoms with Gasteiger partial charge in [-0.15, -0.1) is 0 Å². The number of aryl methyl sites for hydroxylation is 1. The van der Waals surface area contributed by atoms with Crippen LogP contribution in [0.15, 0.2) is 24.3 Å². The molecule has 0 aliphatic heterocycles. The Balaban J connectivity index is 2.30. The third-order valence-electron chi connectivity index (χ3n) is 3.21. The van der Waals surface area contributed by atoms with Crippen molar-refractivity contribution in [3.05, 3.63) is 52.1 Å². The molecule has 0 N–H and O–H groups in total. The number of hydrogen-bond acceptors (Lipinski definition) is 3. The van der Waals surface area contributed by atoms with Crippen LogP contribution >= 0.6 is 11.6 Å². The first kappa shape index (κ1) is 14.8. The average Bonchev–Trinajstić information content (AvgIpc) is 2.37. The van der Waals surface area contributed by atoms with Crippen LogP contribution in [0.25, 0.3) is 0 Å². The van der Waals surface area contributed by atoms with E-state index < -0.39 is 0 Å². The van der Waals surface area contributed by atoms with Gasteiger partial charge in [0.05, 0.1) is 7.11 Å². The number of hydrogen-bond donors (Lipinski definition) is 0. The molecule has 1 heterocycles. The third kappa shape index (κ3) is 3.28. The lowest BCUT2D eigenvalue weighted by Gasteiger charge is -2.12. The zero-order chi connectivity index (χ0) is 14.7. The highest BCUT2D eigenvalue weighted by molar-refractivity contribution is 6.30. The maximum atomic E-state index is 6.28. The van der Waals surface area contributed by atoms with E-state index in [2.05, 4.69) is 23.8 Å². The molecule has 106 valence electrons. The first-order valence-electron chi connectivity index (χ1n) is 6.67. The van der Waals surface area contributed by atoms with Crippen molar-refractivity contribution in [3.63, 3.8) is 0 Å². The van der Waals surface area contributed by atoms with Gasteiger partial charge in [-0.2, -0.15) is 0 Å². The molecule has 1 aromatic carbocycles. The molecule has 0 saturated carbocycles. The maximum absolute atomic E-state index is 6.28. The van der Waals surface area contributed by atoms with Gasteiger partial charge in [-0.25, -0.2) is 9.97 Å². The summed E-state index contributed by atoms with van der Waals surface area (Å²) in [4.78, 5) is 8.99. The normalized spacial score (nSPS) is 10.9. The molecule has 0 atom stereocenters. The predicted octanol–water partition coefficient (Wildman–Crippen LogP) is 4.16. The summed E-state index contributed by atoms with van der Waals surface area (Å²) in [6.45, 7) is 6.18. The number of rotatable bonds is 4. The number of benzene rings is 1. The minimum absolute atomic E-state index is 0.327. The highest BCUT2D eigenvalue weighted by Crippen LogP contribution is 2.25. The maximum Gasteiger partial charge on any atom is 0.136 e. The summed E-state index contributed by atoms with van der Waals surface area (Å²) in [5.41, 5.74) is 3.09. The van der Waals surface area contributed by atoms with E-state index in [4.69, 9.17) is 16.3 Å². The molecule has 0 fully saturated rings. The second kappa shape index (κ2) is 6.23. The smallest absolute Gasteiger partial charge is 0.136 e. The lowest BCUT2D eigenvalue weighted by atomic mass is 10.0. The number of halogens is 1.